The number of allylic oxidation sites excluding steroid dienone is 1. The molecule has 0 fully saturated rings. The average Bonchev–Trinajstić information content (AvgIpc) is 1.81. The van der Waals surface area contributed by atoms with Crippen molar-refractivity contribution in [2.24, 2.45) is 0 Å². The highest BCUT2D eigenvalue weighted by Crippen LogP contribution is 1.97. The Morgan fingerprint density at radius 1 is 1.25 bits per heavy atom. The number of nitrogens with one attached hydrogen (secondary N) is 1. The van der Waals surface area contributed by atoms with Gasteiger partial charge in [-0.3, -0.25) is 5.73 Å². The maximum atomic E-state index is 6.81. The van der Waals surface area contributed by atoms with Gasteiger partial charge in [0.2, 0.25) is 0 Å². The van der Waals surface area contributed by atoms with Gasteiger partial charge in [-0.05, 0) is 19.3 Å². The summed E-state index contributed by atoms with van der Waals surface area (Å²) in [5.41, 5.74) is 6.81. The molecule has 1 N–H and O–H groups in total. The van der Waals surface area contributed by atoms with Gasteiger partial charge in [-0.2, -0.15) is 0 Å². The van der Waals surface area contributed by atoms with E-state index in [0.29, 0.717) is 6.54 Å². The third kappa shape index (κ3) is 5.70. The zero-order valence-electron chi connectivity index (χ0n) is 5.32. The van der Waals surface area contributed by atoms with Crippen molar-refractivity contribution < 1.29 is 0 Å². The van der Waals surface area contributed by atoms with Crippen LogP contribution in [-0.4, -0.2) is 6.54 Å². The second-order valence-corrected chi connectivity index (χ2v) is 1.89. The first-order chi connectivity index (χ1) is 3.91. The van der Waals surface area contributed by atoms with Crippen LogP contribution in [0.2, 0.25) is 0 Å². The molecule has 0 aliphatic heterocycles. The zero-order valence-corrected chi connectivity index (χ0v) is 5.32. The normalized spacial score (nSPS) is 9.12. The van der Waals surface area contributed by atoms with Crippen molar-refractivity contribution in [3.05, 3.63) is 12.7 Å². The number of unbranched alkanes of at least 4 members (excludes halogenated alkanes) is 3. The number of rotatable bonds is 5. The van der Waals surface area contributed by atoms with Gasteiger partial charge in [0.15, 0.2) is 0 Å². The van der Waals surface area contributed by atoms with Crippen LogP contribution in [0.4, 0.5) is 0 Å². The van der Waals surface area contributed by atoms with E-state index in [-0.39, 0.29) is 0 Å². The fourth-order valence-electron chi connectivity index (χ4n) is 0.590. The summed E-state index contributed by atoms with van der Waals surface area (Å²) in [6.45, 7) is 4.19. The second-order valence-electron chi connectivity index (χ2n) is 1.89. The molecule has 0 spiro atoms. The Morgan fingerprint density at radius 3 is 2.50 bits per heavy atom. The van der Waals surface area contributed by atoms with Gasteiger partial charge in [0.05, 0.1) is 0 Å². The summed E-state index contributed by atoms with van der Waals surface area (Å²) in [4.78, 5) is 0. The number of hydrogen-bond donors (Lipinski definition) is 0. The van der Waals surface area contributed by atoms with Crippen LogP contribution in [0.5, 0.6) is 0 Å². The quantitative estimate of drug-likeness (QED) is 0.384. The van der Waals surface area contributed by atoms with Crippen LogP contribution in [0.1, 0.15) is 25.7 Å². The second kappa shape index (κ2) is 6.70. The molecule has 0 aromatic rings. The first-order valence-corrected chi connectivity index (χ1v) is 3.17. The van der Waals surface area contributed by atoms with Gasteiger partial charge >= 0.3 is 0 Å². The van der Waals surface area contributed by atoms with Crippen LogP contribution in [-0.2, 0) is 0 Å². The molecule has 0 bridgehead atoms. The molecular weight excluding hydrogens is 98.1 g/mol. The highest BCUT2D eigenvalue weighted by Gasteiger charge is 1.82. The lowest BCUT2D eigenvalue weighted by atomic mass is 10.2. The molecule has 0 rings (SSSR count). The van der Waals surface area contributed by atoms with Gasteiger partial charge in [-0.1, -0.05) is 12.5 Å². The fourth-order valence-corrected chi connectivity index (χ4v) is 0.590. The van der Waals surface area contributed by atoms with E-state index in [0.717, 1.165) is 12.8 Å². The van der Waals surface area contributed by atoms with Crippen molar-refractivity contribution in [3.63, 3.8) is 0 Å². The first-order valence-electron chi connectivity index (χ1n) is 3.17. The third-order valence-corrected chi connectivity index (χ3v) is 1.09. The molecule has 0 saturated heterocycles. The SMILES string of the molecule is C=CCCCCC[NH]. The summed E-state index contributed by atoms with van der Waals surface area (Å²) < 4.78 is 0. The zero-order chi connectivity index (χ0) is 6.24. The fraction of sp³-hybridized carbons (Fsp3) is 0.714. The molecule has 0 aliphatic rings. The summed E-state index contributed by atoms with van der Waals surface area (Å²) >= 11 is 0. The Balaban J connectivity index is 2.62. The molecule has 0 aliphatic carbocycles. The Hall–Kier alpha value is -0.300. The lowest BCUT2D eigenvalue weighted by molar-refractivity contribution is 0.689. The van der Waals surface area contributed by atoms with Gasteiger partial charge in [-0.25, -0.2) is 0 Å². The average molecular weight is 112 g/mol. The maximum Gasteiger partial charge on any atom is 0.00997 e. The molecule has 0 atom stereocenters. The van der Waals surface area contributed by atoms with E-state index in [4.69, 9.17) is 5.73 Å². The van der Waals surface area contributed by atoms with Crippen molar-refractivity contribution in [1.29, 1.82) is 0 Å². The Morgan fingerprint density at radius 2 is 2.00 bits per heavy atom. The Labute approximate surface area is 51.6 Å². The highest BCUT2D eigenvalue weighted by molar-refractivity contribution is 4.65. The monoisotopic (exact) mass is 112 g/mol. The van der Waals surface area contributed by atoms with Crippen molar-refractivity contribution in [2.45, 2.75) is 25.7 Å². The molecule has 0 heterocycles. The van der Waals surface area contributed by atoms with E-state index < -0.39 is 0 Å². The molecule has 0 aromatic heterocycles. The van der Waals surface area contributed by atoms with E-state index in [2.05, 4.69) is 6.58 Å². The molecule has 0 aromatic carbocycles. The van der Waals surface area contributed by atoms with Gasteiger partial charge in [0.1, 0.15) is 0 Å². The lowest BCUT2D eigenvalue weighted by Gasteiger charge is -1.91. The third-order valence-electron chi connectivity index (χ3n) is 1.09. The van der Waals surface area contributed by atoms with Crippen molar-refractivity contribution in [2.75, 3.05) is 6.54 Å². The topological polar surface area (TPSA) is 23.8 Å². The summed E-state index contributed by atoms with van der Waals surface area (Å²) in [7, 11) is 0. The van der Waals surface area contributed by atoms with Crippen LogP contribution in [0.3, 0.4) is 0 Å². The van der Waals surface area contributed by atoms with Crippen molar-refractivity contribution in [3.8, 4) is 0 Å². The summed E-state index contributed by atoms with van der Waals surface area (Å²) in [6, 6.07) is 0. The molecular formula is C7H14N. The molecule has 0 saturated carbocycles. The minimum absolute atomic E-state index is 0.580. The molecule has 47 valence electrons. The standard InChI is InChI=1S/C7H14N/c1-2-3-4-5-6-7-8/h2,8H,1,3-7H2. The van der Waals surface area contributed by atoms with Crippen LogP contribution < -0.4 is 5.73 Å². The molecule has 1 radical (unpaired) electrons. The Bertz CT molecular complexity index is 50.3. The van der Waals surface area contributed by atoms with E-state index in [9.17, 15) is 0 Å². The van der Waals surface area contributed by atoms with E-state index in [1.54, 1.807) is 0 Å². The lowest BCUT2D eigenvalue weighted by Crippen LogP contribution is -1.83. The minimum Gasteiger partial charge on any atom is -0.258 e. The molecule has 1 heteroatoms. The first kappa shape index (κ1) is 7.70. The van der Waals surface area contributed by atoms with Crippen LogP contribution in [0, 0.1) is 0 Å². The van der Waals surface area contributed by atoms with E-state index >= 15 is 0 Å². The summed E-state index contributed by atoms with van der Waals surface area (Å²) in [5, 5.41) is 0. The van der Waals surface area contributed by atoms with Crippen molar-refractivity contribution in [1.82, 2.24) is 5.73 Å². The highest BCUT2D eigenvalue weighted by atomic mass is 14.5. The summed E-state index contributed by atoms with van der Waals surface area (Å²) in [6.07, 6.45) is 6.50. The van der Waals surface area contributed by atoms with Gasteiger partial charge < -0.3 is 0 Å². The minimum atomic E-state index is 0.580. The Kier molecular flexibility index (Phi) is 6.45. The van der Waals surface area contributed by atoms with E-state index in [1.165, 1.54) is 12.8 Å². The predicted molar refractivity (Wildman–Crippen MR) is 36.6 cm³/mol. The maximum absolute atomic E-state index is 6.81. The molecule has 0 amide bonds. The largest absolute Gasteiger partial charge is 0.258 e. The number of hydrogen-bond acceptors (Lipinski definition) is 0. The van der Waals surface area contributed by atoms with Crippen LogP contribution in [0.25, 0.3) is 0 Å². The predicted octanol–water partition coefficient (Wildman–Crippen LogP) is 2.02. The van der Waals surface area contributed by atoms with Crippen molar-refractivity contribution >= 4 is 0 Å². The molecule has 1 nitrogen and oxygen atoms in total. The van der Waals surface area contributed by atoms with E-state index in [1.807, 2.05) is 6.08 Å². The summed E-state index contributed by atoms with van der Waals surface area (Å²) in [5.74, 6) is 0. The molecule has 0 unspecified atom stereocenters. The van der Waals surface area contributed by atoms with Gasteiger partial charge in [0, 0.05) is 6.54 Å². The van der Waals surface area contributed by atoms with Gasteiger partial charge in [0.25, 0.3) is 0 Å². The van der Waals surface area contributed by atoms with Gasteiger partial charge in [-0.15, -0.1) is 6.58 Å². The molecule has 8 heavy (non-hydrogen) atoms. The van der Waals surface area contributed by atoms with Crippen LogP contribution >= 0.6 is 0 Å². The van der Waals surface area contributed by atoms with Crippen LogP contribution in [0.15, 0.2) is 12.7 Å². The smallest absolute Gasteiger partial charge is 0.00997 e.